The van der Waals surface area contributed by atoms with E-state index in [9.17, 15) is 0 Å². The van der Waals surface area contributed by atoms with E-state index in [0.29, 0.717) is 0 Å². The van der Waals surface area contributed by atoms with Crippen molar-refractivity contribution in [3.8, 4) is 0 Å². The van der Waals surface area contributed by atoms with Crippen molar-refractivity contribution in [1.29, 1.82) is 0 Å². The van der Waals surface area contributed by atoms with Crippen LogP contribution in [-0.2, 0) is 0 Å². The molecule has 0 aromatic rings. The van der Waals surface area contributed by atoms with Crippen LogP contribution in [0, 0.1) is 5.92 Å². The third kappa shape index (κ3) is 2.29. The molecule has 2 rings (SSSR count). The van der Waals surface area contributed by atoms with Crippen LogP contribution in [0.2, 0.25) is 0 Å². The molecule has 82 valence electrons. The minimum absolute atomic E-state index is 0.913. The van der Waals surface area contributed by atoms with Crippen LogP contribution in [0.4, 0.5) is 0 Å². The van der Waals surface area contributed by atoms with Gasteiger partial charge in [0.15, 0.2) is 0 Å². The van der Waals surface area contributed by atoms with Crippen molar-refractivity contribution in [1.82, 2.24) is 10.2 Å². The molecule has 2 heterocycles. The highest BCUT2D eigenvalue weighted by atomic mass is 15.2. The molecule has 2 saturated heterocycles. The Kier molecular flexibility index (Phi) is 3.82. The molecule has 2 atom stereocenters. The van der Waals surface area contributed by atoms with Crippen LogP contribution < -0.4 is 5.32 Å². The van der Waals surface area contributed by atoms with Crippen molar-refractivity contribution in [3.63, 3.8) is 0 Å². The molecule has 2 nitrogen and oxygen atoms in total. The van der Waals surface area contributed by atoms with E-state index < -0.39 is 0 Å². The Balaban J connectivity index is 1.88. The first-order chi connectivity index (χ1) is 6.92. The van der Waals surface area contributed by atoms with Crippen LogP contribution in [0.15, 0.2) is 0 Å². The summed E-state index contributed by atoms with van der Waals surface area (Å²) in [4.78, 5) is 2.75. The highest BCUT2D eigenvalue weighted by molar-refractivity contribution is 4.87. The summed E-state index contributed by atoms with van der Waals surface area (Å²) in [5.41, 5.74) is 0. The predicted octanol–water partition coefficient (Wildman–Crippen LogP) is 1.86. The molecule has 0 bridgehead atoms. The van der Waals surface area contributed by atoms with Gasteiger partial charge in [0.2, 0.25) is 0 Å². The quantitative estimate of drug-likeness (QED) is 0.741. The summed E-state index contributed by atoms with van der Waals surface area (Å²) >= 11 is 0. The van der Waals surface area contributed by atoms with Crippen LogP contribution in [0.5, 0.6) is 0 Å². The molecular weight excluding hydrogens is 172 g/mol. The Morgan fingerprint density at radius 2 is 2.00 bits per heavy atom. The van der Waals surface area contributed by atoms with E-state index in [1.54, 1.807) is 0 Å². The highest BCUT2D eigenvalue weighted by Crippen LogP contribution is 2.30. The molecule has 1 unspecified atom stereocenters. The number of hydrogen-bond donors (Lipinski definition) is 1. The molecule has 2 aliphatic rings. The summed E-state index contributed by atoms with van der Waals surface area (Å²) in [7, 11) is 0. The number of fused-ring (bicyclic) bond motifs is 1. The van der Waals surface area contributed by atoms with Crippen LogP contribution in [0.25, 0.3) is 0 Å². The van der Waals surface area contributed by atoms with E-state index in [0.717, 1.165) is 18.5 Å². The van der Waals surface area contributed by atoms with Gasteiger partial charge >= 0.3 is 0 Å². The highest BCUT2D eigenvalue weighted by Gasteiger charge is 2.32. The van der Waals surface area contributed by atoms with Crippen molar-refractivity contribution in [2.45, 2.75) is 45.1 Å². The summed E-state index contributed by atoms with van der Waals surface area (Å²) < 4.78 is 0. The minimum atomic E-state index is 0.913. The molecule has 0 spiro atoms. The maximum Gasteiger partial charge on any atom is 0.0136 e. The number of nitrogens with one attached hydrogen (secondary N) is 1. The lowest BCUT2D eigenvalue weighted by Crippen LogP contribution is -2.50. The second kappa shape index (κ2) is 5.13. The maximum atomic E-state index is 3.52. The van der Waals surface area contributed by atoms with Gasteiger partial charge in [0.25, 0.3) is 0 Å². The lowest BCUT2D eigenvalue weighted by molar-refractivity contribution is 0.0597. The Hall–Kier alpha value is -0.0800. The van der Waals surface area contributed by atoms with E-state index in [-0.39, 0.29) is 0 Å². The number of piperidine rings is 2. The van der Waals surface area contributed by atoms with Crippen LogP contribution in [0.3, 0.4) is 0 Å². The zero-order valence-electron chi connectivity index (χ0n) is 9.47. The summed E-state index contributed by atoms with van der Waals surface area (Å²) in [6, 6.07) is 0.913. The summed E-state index contributed by atoms with van der Waals surface area (Å²) in [5, 5.41) is 3.52. The Morgan fingerprint density at radius 1 is 1.14 bits per heavy atom. The van der Waals surface area contributed by atoms with Crippen molar-refractivity contribution in [2.75, 3.05) is 26.2 Å². The molecular formula is C12H24N2. The van der Waals surface area contributed by atoms with Crippen LogP contribution >= 0.6 is 0 Å². The molecule has 0 aliphatic carbocycles. The maximum absolute atomic E-state index is 3.52. The summed E-state index contributed by atoms with van der Waals surface area (Å²) in [5.74, 6) is 0.934. The van der Waals surface area contributed by atoms with E-state index >= 15 is 0 Å². The lowest BCUT2D eigenvalue weighted by atomic mass is 9.83. The summed E-state index contributed by atoms with van der Waals surface area (Å²) in [6.45, 7) is 7.32. The fourth-order valence-corrected chi connectivity index (χ4v) is 3.15. The van der Waals surface area contributed by atoms with Crippen LogP contribution in [0.1, 0.15) is 39.0 Å². The molecule has 2 heteroatoms. The fourth-order valence-electron chi connectivity index (χ4n) is 3.15. The van der Waals surface area contributed by atoms with Gasteiger partial charge < -0.3 is 10.2 Å². The molecule has 0 radical (unpaired) electrons. The molecule has 14 heavy (non-hydrogen) atoms. The van der Waals surface area contributed by atoms with E-state index in [1.165, 1.54) is 51.7 Å². The van der Waals surface area contributed by atoms with Crippen molar-refractivity contribution < 1.29 is 0 Å². The monoisotopic (exact) mass is 196 g/mol. The largest absolute Gasteiger partial charge is 0.317 e. The van der Waals surface area contributed by atoms with Gasteiger partial charge in [-0.15, -0.1) is 0 Å². The predicted molar refractivity (Wildman–Crippen MR) is 60.5 cm³/mol. The third-order valence-corrected chi connectivity index (χ3v) is 3.89. The average molecular weight is 196 g/mol. The van der Waals surface area contributed by atoms with Gasteiger partial charge in [0, 0.05) is 6.04 Å². The van der Waals surface area contributed by atoms with Gasteiger partial charge in [-0.2, -0.15) is 0 Å². The molecule has 2 aliphatic heterocycles. The Morgan fingerprint density at radius 3 is 2.86 bits per heavy atom. The number of nitrogens with zero attached hydrogens (tertiary/aromatic N) is 1. The van der Waals surface area contributed by atoms with E-state index in [2.05, 4.69) is 17.1 Å². The summed E-state index contributed by atoms with van der Waals surface area (Å²) in [6.07, 6.45) is 7.23. The normalized spacial score (nSPS) is 34.1. The zero-order chi connectivity index (χ0) is 9.80. The second-order valence-corrected chi connectivity index (χ2v) is 4.81. The first kappa shape index (κ1) is 10.4. The van der Waals surface area contributed by atoms with Gasteiger partial charge in [-0.25, -0.2) is 0 Å². The van der Waals surface area contributed by atoms with Gasteiger partial charge in [0.1, 0.15) is 0 Å². The first-order valence-corrected chi connectivity index (χ1v) is 6.36. The van der Waals surface area contributed by atoms with E-state index in [1.807, 2.05) is 0 Å². The molecule has 0 aromatic carbocycles. The van der Waals surface area contributed by atoms with Gasteiger partial charge in [-0.1, -0.05) is 13.3 Å². The van der Waals surface area contributed by atoms with Gasteiger partial charge in [-0.3, -0.25) is 0 Å². The Labute approximate surface area is 88.1 Å². The Bertz CT molecular complexity index is 168. The molecule has 2 fully saturated rings. The number of rotatable bonds is 3. The molecule has 0 aromatic heterocycles. The lowest BCUT2D eigenvalue weighted by Gasteiger charge is -2.44. The standard InChI is InChI=1S/C12H24N2/c1-2-13-10-11-6-5-9-14-8-4-3-7-12(11)14/h11-13H,2-10H2,1H3/t11-,12?/m0/s1. The smallest absolute Gasteiger partial charge is 0.0136 e. The third-order valence-electron chi connectivity index (χ3n) is 3.89. The topological polar surface area (TPSA) is 15.3 Å². The van der Waals surface area contributed by atoms with Gasteiger partial charge in [-0.05, 0) is 57.8 Å². The molecule has 0 saturated carbocycles. The zero-order valence-corrected chi connectivity index (χ0v) is 9.47. The average Bonchev–Trinajstić information content (AvgIpc) is 2.26. The number of hydrogen-bond acceptors (Lipinski definition) is 2. The SMILES string of the molecule is CCNC[C@@H]1CCCN2CCCCC12. The second-order valence-electron chi connectivity index (χ2n) is 4.81. The first-order valence-electron chi connectivity index (χ1n) is 6.36. The van der Waals surface area contributed by atoms with Crippen molar-refractivity contribution in [3.05, 3.63) is 0 Å². The van der Waals surface area contributed by atoms with Crippen LogP contribution in [-0.4, -0.2) is 37.1 Å². The fraction of sp³-hybridized carbons (Fsp3) is 1.00. The van der Waals surface area contributed by atoms with Crippen molar-refractivity contribution in [2.24, 2.45) is 5.92 Å². The minimum Gasteiger partial charge on any atom is -0.317 e. The van der Waals surface area contributed by atoms with Crippen molar-refractivity contribution >= 4 is 0 Å². The van der Waals surface area contributed by atoms with E-state index in [4.69, 9.17) is 0 Å². The molecule has 0 amide bonds. The molecule has 1 N–H and O–H groups in total. The van der Waals surface area contributed by atoms with Gasteiger partial charge in [0.05, 0.1) is 0 Å².